The normalized spacial score (nSPS) is 10.9. The molecular formula is C21H16ClN3O2S. The average molecular weight is 410 g/mol. The number of aromatic nitrogens is 2. The van der Waals surface area contributed by atoms with Crippen LogP contribution in [0.1, 0.15) is 5.56 Å². The Kier molecular flexibility index (Phi) is 4.98. The molecule has 0 spiro atoms. The Morgan fingerprint density at radius 1 is 1.21 bits per heavy atom. The first kappa shape index (κ1) is 18.4. The van der Waals surface area contributed by atoms with Gasteiger partial charge in [-0.1, -0.05) is 47.5 Å². The molecule has 0 atom stereocenters. The second kappa shape index (κ2) is 7.58. The molecule has 4 aromatic rings. The molecule has 1 N–H and O–H groups in total. The Morgan fingerprint density at radius 2 is 2.00 bits per heavy atom. The van der Waals surface area contributed by atoms with Crippen molar-refractivity contribution in [2.24, 2.45) is 0 Å². The lowest BCUT2D eigenvalue weighted by molar-refractivity contribution is -0.116. The average Bonchev–Trinajstić information content (AvgIpc) is 3.09. The van der Waals surface area contributed by atoms with Gasteiger partial charge >= 0.3 is 0 Å². The second-order valence-corrected chi connectivity index (χ2v) is 7.75. The highest BCUT2D eigenvalue weighted by Crippen LogP contribution is 2.30. The van der Waals surface area contributed by atoms with Crippen LogP contribution in [0.25, 0.3) is 21.3 Å². The number of amides is 1. The van der Waals surface area contributed by atoms with E-state index in [1.807, 2.05) is 36.6 Å². The predicted octanol–water partition coefficient (Wildman–Crippen LogP) is 4.73. The Hall–Kier alpha value is -2.96. The third-order valence-electron chi connectivity index (χ3n) is 4.33. The molecule has 0 aliphatic heterocycles. The van der Waals surface area contributed by atoms with Crippen molar-refractivity contribution in [1.29, 1.82) is 0 Å². The summed E-state index contributed by atoms with van der Waals surface area (Å²) >= 11 is 7.27. The molecule has 0 bridgehead atoms. The van der Waals surface area contributed by atoms with E-state index in [4.69, 9.17) is 11.6 Å². The molecule has 7 heteroatoms. The van der Waals surface area contributed by atoms with Gasteiger partial charge in [0.25, 0.3) is 5.56 Å². The van der Waals surface area contributed by atoms with Gasteiger partial charge in [0.1, 0.15) is 11.2 Å². The third-order valence-corrected chi connectivity index (χ3v) is 5.52. The zero-order chi connectivity index (χ0) is 19.7. The van der Waals surface area contributed by atoms with Crippen LogP contribution in [0.15, 0.2) is 65.0 Å². The molecule has 0 aliphatic rings. The van der Waals surface area contributed by atoms with Gasteiger partial charge in [-0.25, -0.2) is 4.98 Å². The minimum atomic E-state index is -0.319. The highest BCUT2D eigenvalue weighted by Gasteiger charge is 2.14. The lowest BCUT2D eigenvalue weighted by atomic mass is 10.1. The first-order valence-corrected chi connectivity index (χ1v) is 9.86. The summed E-state index contributed by atoms with van der Waals surface area (Å²) in [5, 5.41) is 5.19. The van der Waals surface area contributed by atoms with Gasteiger partial charge < -0.3 is 5.32 Å². The van der Waals surface area contributed by atoms with Crippen LogP contribution in [0.4, 0.5) is 5.69 Å². The summed E-state index contributed by atoms with van der Waals surface area (Å²) < 4.78 is 1.85. The maximum atomic E-state index is 12.8. The van der Waals surface area contributed by atoms with Crippen LogP contribution in [0.5, 0.6) is 0 Å². The second-order valence-electron chi connectivity index (χ2n) is 6.43. The highest BCUT2D eigenvalue weighted by atomic mass is 35.5. The van der Waals surface area contributed by atoms with Crippen molar-refractivity contribution < 1.29 is 4.79 Å². The van der Waals surface area contributed by atoms with Crippen LogP contribution in [-0.4, -0.2) is 15.5 Å². The molecule has 2 aromatic heterocycles. The van der Waals surface area contributed by atoms with Crippen molar-refractivity contribution in [3.05, 3.63) is 81.2 Å². The molecule has 0 radical (unpaired) electrons. The van der Waals surface area contributed by atoms with Crippen LogP contribution in [0, 0.1) is 6.92 Å². The fourth-order valence-corrected chi connectivity index (χ4v) is 4.08. The zero-order valence-corrected chi connectivity index (χ0v) is 16.6. The number of benzene rings is 2. The van der Waals surface area contributed by atoms with Crippen molar-refractivity contribution in [1.82, 2.24) is 9.55 Å². The Bertz CT molecular complexity index is 1230. The van der Waals surface area contributed by atoms with Crippen LogP contribution >= 0.6 is 22.9 Å². The SMILES string of the molecule is Cc1ccc(-c2csc3c(=O)n(CC(=O)Nc4cccc(Cl)c4)cnc23)cc1. The lowest BCUT2D eigenvalue weighted by Crippen LogP contribution is -2.27. The van der Waals surface area contributed by atoms with Crippen LogP contribution in [-0.2, 0) is 11.3 Å². The van der Waals surface area contributed by atoms with Gasteiger partial charge in [-0.2, -0.15) is 0 Å². The fraction of sp³-hybridized carbons (Fsp3) is 0.0952. The number of thiophene rings is 1. The van der Waals surface area contributed by atoms with Gasteiger partial charge in [0, 0.05) is 21.7 Å². The molecule has 0 saturated carbocycles. The van der Waals surface area contributed by atoms with E-state index < -0.39 is 0 Å². The van der Waals surface area contributed by atoms with E-state index in [2.05, 4.69) is 10.3 Å². The summed E-state index contributed by atoms with van der Waals surface area (Å²) in [5.74, 6) is -0.319. The number of carbonyl (C=O) groups excluding carboxylic acids is 1. The summed E-state index contributed by atoms with van der Waals surface area (Å²) in [6.07, 6.45) is 1.42. The number of halogens is 1. The molecule has 0 aliphatic carbocycles. The number of carbonyl (C=O) groups is 1. The smallest absolute Gasteiger partial charge is 0.271 e. The summed E-state index contributed by atoms with van der Waals surface area (Å²) in [5.41, 5.74) is 4.12. The molecule has 2 aromatic carbocycles. The standard InChI is InChI=1S/C21H16ClN3O2S/c1-13-5-7-14(8-6-13)17-11-28-20-19(17)23-12-25(21(20)27)10-18(26)24-16-4-2-3-15(22)9-16/h2-9,11-12H,10H2,1H3,(H,24,26). The molecule has 2 heterocycles. The monoisotopic (exact) mass is 409 g/mol. The summed E-state index contributed by atoms with van der Waals surface area (Å²) in [7, 11) is 0. The molecular weight excluding hydrogens is 394 g/mol. The largest absolute Gasteiger partial charge is 0.324 e. The van der Waals surface area contributed by atoms with E-state index >= 15 is 0 Å². The summed E-state index contributed by atoms with van der Waals surface area (Å²) in [6, 6.07) is 14.9. The van der Waals surface area contributed by atoms with Crippen LogP contribution in [0.3, 0.4) is 0 Å². The molecule has 140 valence electrons. The fourth-order valence-electron chi connectivity index (χ4n) is 2.91. The molecule has 28 heavy (non-hydrogen) atoms. The number of aryl methyl sites for hydroxylation is 1. The summed E-state index contributed by atoms with van der Waals surface area (Å²) in [6.45, 7) is 1.91. The van der Waals surface area contributed by atoms with E-state index in [-0.39, 0.29) is 18.0 Å². The minimum absolute atomic E-state index is 0.119. The number of fused-ring (bicyclic) bond motifs is 1. The Morgan fingerprint density at radius 3 is 2.75 bits per heavy atom. The van der Waals surface area contributed by atoms with Crippen molar-refractivity contribution >= 4 is 44.7 Å². The van der Waals surface area contributed by atoms with Gasteiger partial charge in [0.15, 0.2) is 0 Å². The van der Waals surface area contributed by atoms with E-state index in [9.17, 15) is 9.59 Å². The van der Waals surface area contributed by atoms with Crippen LogP contribution in [0.2, 0.25) is 5.02 Å². The number of hydrogen-bond donors (Lipinski definition) is 1. The van der Waals surface area contributed by atoms with Crippen LogP contribution < -0.4 is 10.9 Å². The quantitative estimate of drug-likeness (QED) is 0.530. The Balaban J connectivity index is 1.61. The highest BCUT2D eigenvalue weighted by molar-refractivity contribution is 7.17. The van der Waals surface area contributed by atoms with Gasteiger partial charge in [-0.05, 0) is 30.7 Å². The van der Waals surface area contributed by atoms with E-state index in [1.165, 1.54) is 27.8 Å². The first-order chi connectivity index (χ1) is 13.5. The van der Waals surface area contributed by atoms with Gasteiger partial charge in [0.05, 0.1) is 11.8 Å². The maximum Gasteiger partial charge on any atom is 0.271 e. The van der Waals surface area contributed by atoms with E-state index in [0.717, 1.165) is 11.1 Å². The van der Waals surface area contributed by atoms with Gasteiger partial charge in [-0.3, -0.25) is 14.2 Å². The molecule has 5 nitrogen and oxygen atoms in total. The molecule has 0 unspecified atom stereocenters. The zero-order valence-electron chi connectivity index (χ0n) is 15.0. The number of nitrogens with zero attached hydrogens (tertiary/aromatic N) is 2. The summed E-state index contributed by atoms with van der Waals surface area (Å²) in [4.78, 5) is 29.6. The van der Waals surface area contributed by atoms with Crippen molar-refractivity contribution in [3.8, 4) is 11.1 Å². The molecule has 1 amide bonds. The molecule has 4 rings (SSSR count). The van der Waals surface area contributed by atoms with E-state index in [0.29, 0.717) is 20.9 Å². The maximum absolute atomic E-state index is 12.8. The lowest BCUT2D eigenvalue weighted by Gasteiger charge is -2.08. The number of hydrogen-bond acceptors (Lipinski definition) is 4. The Labute approximate surface area is 170 Å². The van der Waals surface area contributed by atoms with Crippen molar-refractivity contribution in [3.63, 3.8) is 0 Å². The van der Waals surface area contributed by atoms with E-state index in [1.54, 1.807) is 24.3 Å². The first-order valence-electron chi connectivity index (χ1n) is 8.60. The van der Waals surface area contributed by atoms with Gasteiger partial charge in [0.2, 0.25) is 5.91 Å². The number of rotatable bonds is 4. The van der Waals surface area contributed by atoms with Gasteiger partial charge in [-0.15, -0.1) is 11.3 Å². The molecule has 0 fully saturated rings. The number of anilines is 1. The van der Waals surface area contributed by atoms with Crippen molar-refractivity contribution in [2.75, 3.05) is 5.32 Å². The topological polar surface area (TPSA) is 64.0 Å². The molecule has 0 saturated heterocycles. The third kappa shape index (κ3) is 3.69. The number of nitrogens with one attached hydrogen (secondary N) is 1. The van der Waals surface area contributed by atoms with Crippen molar-refractivity contribution in [2.45, 2.75) is 13.5 Å². The minimum Gasteiger partial charge on any atom is -0.324 e. The predicted molar refractivity (Wildman–Crippen MR) is 114 cm³/mol.